The van der Waals surface area contributed by atoms with Crippen molar-refractivity contribution in [1.29, 1.82) is 0 Å². The van der Waals surface area contributed by atoms with Gasteiger partial charge in [0, 0.05) is 45.6 Å². The van der Waals surface area contributed by atoms with Crippen molar-refractivity contribution in [2.24, 2.45) is 11.3 Å². The predicted molar refractivity (Wildman–Crippen MR) is 76.1 cm³/mol. The summed E-state index contributed by atoms with van der Waals surface area (Å²) in [5.74, 6) is 0.254. The summed E-state index contributed by atoms with van der Waals surface area (Å²) in [6.07, 6.45) is 4.71. The van der Waals surface area contributed by atoms with Crippen molar-refractivity contribution < 1.29 is 9.59 Å². The van der Waals surface area contributed by atoms with E-state index in [1.165, 1.54) is 6.42 Å². The number of hydrogen-bond donors (Lipinski definition) is 1. The average Bonchev–Trinajstić information content (AvgIpc) is 2.90. The molecule has 20 heavy (non-hydrogen) atoms. The fourth-order valence-corrected chi connectivity index (χ4v) is 3.84. The van der Waals surface area contributed by atoms with Gasteiger partial charge >= 0.3 is 0 Å². The fourth-order valence-electron chi connectivity index (χ4n) is 3.84. The number of nitrogens with one attached hydrogen (secondary N) is 1. The van der Waals surface area contributed by atoms with Gasteiger partial charge in [-0.2, -0.15) is 0 Å². The van der Waals surface area contributed by atoms with Crippen LogP contribution in [0.25, 0.3) is 0 Å². The van der Waals surface area contributed by atoms with Crippen LogP contribution in [-0.4, -0.2) is 61.4 Å². The summed E-state index contributed by atoms with van der Waals surface area (Å²) in [5.41, 5.74) is 0.444. The minimum Gasteiger partial charge on any atom is -0.346 e. The van der Waals surface area contributed by atoms with Crippen LogP contribution in [0.15, 0.2) is 0 Å². The molecule has 3 fully saturated rings. The molecule has 5 heteroatoms. The second-order valence-electron chi connectivity index (χ2n) is 6.76. The van der Waals surface area contributed by atoms with E-state index in [-0.39, 0.29) is 17.7 Å². The third kappa shape index (κ3) is 2.55. The standard InChI is InChI=1S/C15H25N3O2/c1-17-7-2-12(10-13(17)19)14(20)18-8-4-15(5-9-18)3-6-16-11-15/h12,16H,2-11H2,1H3. The molecule has 3 heterocycles. The fraction of sp³-hybridized carbons (Fsp3) is 0.867. The van der Waals surface area contributed by atoms with Gasteiger partial charge in [-0.05, 0) is 37.6 Å². The van der Waals surface area contributed by atoms with Gasteiger partial charge in [-0.1, -0.05) is 0 Å². The Hall–Kier alpha value is -1.10. The maximum Gasteiger partial charge on any atom is 0.226 e. The molecule has 0 aliphatic carbocycles. The van der Waals surface area contributed by atoms with E-state index >= 15 is 0 Å². The molecule has 0 bridgehead atoms. The molecule has 5 nitrogen and oxygen atoms in total. The van der Waals surface area contributed by atoms with Crippen LogP contribution in [0.5, 0.6) is 0 Å². The molecule has 0 aromatic carbocycles. The lowest BCUT2D eigenvalue weighted by Crippen LogP contribution is -2.48. The molecule has 1 atom stereocenters. The van der Waals surface area contributed by atoms with Gasteiger partial charge < -0.3 is 15.1 Å². The molecule has 0 aromatic rings. The van der Waals surface area contributed by atoms with Crippen molar-refractivity contribution in [3.63, 3.8) is 0 Å². The Balaban J connectivity index is 1.55. The zero-order valence-electron chi connectivity index (χ0n) is 12.4. The van der Waals surface area contributed by atoms with Gasteiger partial charge in [-0.3, -0.25) is 9.59 Å². The largest absolute Gasteiger partial charge is 0.346 e. The van der Waals surface area contributed by atoms with Crippen LogP contribution >= 0.6 is 0 Å². The first-order chi connectivity index (χ1) is 9.60. The number of amides is 2. The number of hydrogen-bond acceptors (Lipinski definition) is 3. The van der Waals surface area contributed by atoms with Crippen LogP contribution in [-0.2, 0) is 9.59 Å². The Morgan fingerprint density at radius 1 is 1.25 bits per heavy atom. The molecule has 0 aromatic heterocycles. The minimum absolute atomic E-state index is 0.0746. The number of piperidine rings is 2. The highest BCUT2D eigenvalue weighted by Gasteiger charge is 2.40. The Kier molecular flexibility index (Phi) is 3.71. The third-order valence-corrected chi connectivity index (χ3v) is 5.48. The van der Waals surface area contributed by atoms with Crippen molar-refractivity contribution in [3.05, 3.63) is 0 Å². The Morgan fingerprint density at radius 3 is 2.60 bits per heavy atom. The van der Waals surface area contributed by atoms with Gasteiger partial charge in [0.2, 0.25) is 11.8 Å². The second kappa shape index (κ2) is 5.35. The molecule has 0 saturated carbocycles. The molecule has 1 N–H and O–H groups in total. The van der Waals surface area contributed by atoms with E-state index in [1.54, 1.807) is 4.90 Å². The Morgan fingerprint density at radius 2 is 2.00 bits per heavy atom. The number of carbonyl (C=O) groups excluding carboxylic acids is 2. The third-order valence-electron chi connectivity index (χ3n) is 5.48. The van der Waals surface area contributed by atoms with Gasteiger partial charge in [0.05, 0.1) is 0 Å². The zero-order valence-corrected chi connectivity index (χ0v) is 12.4. The molecule has 3 rings (SSSR count). The lowest BCUT2D eigenvalue weighted by atomic mass is 9.77. The molecule has 3 saturated heterocycles. The van der Waals surface area contributed by atoms with Gasteiger partial charge in [0.15, 0.2) is 0 Å². The summed E-state index contributed by atoms with van der Waals surface area (Å²) in [4.78, 5) is 28.0. The van der Waals surface area contributed by atoms with E-state index in [0.717, 1.165) is 52.0 Å². The Labute approximate surface area is 120 Å². The second-order valence-corrected chi connectivity index (χ2v) is 6.76. The highest BCUT2D eigenvalue weighted by Crippen LogP contribution is 2.37. The smallest absolute Gasteiger partial charge is 0.226 e. The predicted octanol–water partition coefficient (Wildman–Crippen LogP) is 0.457. The van der Waals surface area contributed by atoms with E-state index in [9.17, 15) is 9.59 Å². The number of nitrogens with zero attached hydrogens (tertiary/aromatic N) is 2. The molecule has 3 aliphatic rings. The lowest BCUT2D eigenvalue weighted by Gasteiger charge is -2.40. The summed E-state index contributed by atoms with van der Waals surface area (Å²) < 4.78 is 0. The molecule has 2 amide bonds. The van der Waals surface area contributed by atoms with Gasteiger partial charge in [-0.15, -0.1) is 0 Å². The average molecular weight is 279 g/mol. The van der Waals surface area contributed by atoms with Crippen molar-refractivity contribution in [2.75, 3.05) is 39.8 Å². The monoisotopic (exact) mass is 279 g/mol. The van der Waals surface area contributed by atoms with Crippen LogP contribution in [0.3, 0.4) is 0 Å². The quantitative estimate of drug-likeness (QED) is 0.758. The topological polar surface area (TPSA) is 52.7 Å². The lowest BCUT2D eigenvalue weighted by molar-refractivity contribution is -0.145. The summed E-state index contributed by atoms with van der Waals surface area (Å²) in [7, 11) is 1.82. The van der Waals surface area contributed by atoms with Crippen molar-refractivity contribution in [2.45, 2.75) is 32.1 Å². The molecule has 1 spiro atoms. The van der Waals surface area contributed by atoms with Crippen molar-refractivity contribution >= 4 is 11.8 Å². The van der Waals surface area contributed by atoms with E-state index in [2.05, 4.69) is 5.32 Å². The minimum atomic E-state index is -0.0746. The molecular weight excluding hydrogens is 254 g/mol. The van der Waals surface area contributed by atoms with Crippen molar-refractivity contribution in [1.82, 2.24) is 15.1 Å². The van der Waals surface area contributed by atoms with Crippen LogP contribution in [0.4, 0.5) is 0 Å². The molecule has 0 radical (unpaired) electrons. The van der Waals surface area contributed by atoms with Gasteiger partial charge in [-0.25, -0.2) is 0 Å². The first kappa shape index (κ1) is 13.9. The first-order valence-corrected chi connectivity index (χ1v) is 7.83. The molecule has 112 valence electrons. The SMILES string of the molecule is CN1CCC(C(=O)N2CCC3(CCNC3)CC2)CC1=O. The molecule has 1 unspecified atom stereocenters. The first-order valence-electron chi connectivity index (χ1n) is 7.83. The highest BCUT2D eigenvalue weighted by atomic mass is 16.2. The van der Waals surface area contributed by atoms with Crippen molar-refractivity contribution in [3.8, 4) is 0 Å². The van der Waals surface area contributed by atoms with Crippen LogP contribution < -0.4 is 5.32 Å². The van der Waals surface area contributed by atoms with Crippen LogP contribution in [0.1, 0.15) is 32.1 Å². The van der Waals surface area contributed by atoms with Crippen LogP contribution in [0, 0.1) is 11.3 Å². The Bertz CT molecular complexity index is 394. The van der Waals surface area contributed by atoms with Crippen LogP contribution in [0.2, 0.25) is 0 Å². The number of carbonyl (C=O) groups is 2. The van der Waals surface area contributed by atoms with Gasteiger partial charge in [0.1, 0.15) is 0 Å². The summed E-state index contributed by atoms with van der Waals surface area (Å²) in [6, 6.07) is 0. The normalized spacial score (nSPS) is 30.1. The summed E-state index contributed by atoms with van der Waals surface area (Å²) in [6.45, 7) is 4.71. The van der Waals surface area contributed by atoms with Gasteiger partial charge in [0.25, 0.3) is 0 Å². The molecule has 3 aliphatic heterocycles. The molecular formula is C15H25N3O2. The van der Waals surface area contributed by atoms with E-state index in [1.807, 2.05) is 11.9 Å². The summed E-state index contributed by atoms with van der Waals surface area (Å²) >= 11 is 0. The zero-order chi connectivity index (χ0) is 14.2. The summed E-state index contributed by atoms with van der Waals surface area (Å²) in [5, 5.41) is 3.45. The van der Waals surface area contributed by atoms with E-state index in [0.29, 0.717) is 11.8 Å². The highest BCUT2D eigenvalue weighted by molar-refractivity contribution is 5.86. The van der Waals surface area contributed by atoms with E-state index in [4.69, 9.17) is 0 Å². The van der Waals surface area contributed by atoms with E-state index < -0.39 is 0 Å². The number of rotatable bonds is 1. The maximum atomic E-state index is 12.5. The maximum absolute atomic E-state index is 12.5. The number of likely N-dealkylation sites (tertiary alicyclic amines) is 2.